The summed E-state index contributed by atoms with van der Waals surface area (Å²) in [7, 11) is 3.39. The number of benzene rings is 1. The van der Waals surface area contributed by atoms with Gasteiger partial charge in [0.05, 0.1) is 18.9 Å². The van der Waals surface area contributed by atoms with Crippen LogP contribution in [0.5, 0.6) is 5.75 Å². The van der Waals surface area contributed by atoms with Crippen molar-refractivity contribution in [1.29, 1.82) is 0 Å². The number of likely N-dealkylation sites (N-methyl/N-ethyl adjacent to an activating group) is 1. The first-order valence-electron chi connectivity index (χ1n) is 12.1. The Bertz CT molecular complexity index is 1050. The molecule has 2 aliphatic heterocycles. The molecule has 1 atom stereocenters. The first-order chi connectivity index (χ1) is 16.6. The zero-order valence-corrected chi connectivity index (χ0v) is 19.9. The Morgan fingerprint density at radius 1 is 1.09 bits per heavy atom. The van der Waals surface area contributed by atoms with Crippen LogP contribution in [0.4, 0.5) is 16.3 Å². The Kier molecular flexibility index (Phi) is 6.36. The highest BCUT2D eigenvalue weighted by molar-refractivity contribution is 6.03. The number of hydrogen-bond donors (Lipinski definition) is 0. The van der Waals surface area contributed by atoms with E-state index in [4.69, 9.17) is 9.72 Å². The minimum absolute atomic E-state index is 0.167. The van der Waals surface area contributed by atoms with E-state index in [0.717, 1.165) is 24.9 Å². The van der Waals surface area contributed by atoms with Gasteiger partial charge in [-0.25, -0.2) is 14.8 Å². The number of ether oxygens (including phenoxy) is 1. The molecule has 2 amide bonds. The highest BCUT2D eigenvalue weighted by Gasteiger charge is 2.42. The van der Waals surface area contributed by atoms with Gasteiger partial charge in [0.15, 0.2) is 24.1 Å². The molecule has 1 saturated heterocycles. The molecule has 0 bridgehead atoms. The fourth-order valence-corrected chi connectivity index (χ4v) is 5.44. The number of aromatic nitrogens is 2. The van der Waals surface area contributed by atoms with Gasteiger partial charge in [-0.15, -0.1) is 0 Å². The number of nitrogens with zero attached hydrogens (tertiary/aromatic N) is 6. The number of hydrogen-bond acceptors (Lipinski definition) is 7. The van der Waals surface area contributed by atoms with Crippen molar-refractivity contribution in [1.82, 2.24) is 19.8 Å². The second-order valence-electron chi connectivity index (χ2n) is 9.23. The summed E-state index contributed by atoms with van der Waals surface area (Å²) < 4.78 is 5.45. The molecule has 0 radical (unpaired) electrons. The second-order valence-corrected chi connectivity index (χ2v) is 9.23. The van der Waals surface area contributed by atoms with Crippen LogP contribution in [0.15, 0.2) is 30.5 Å². The number of anilines is 2. The molecule has 1 aliphatic carbocycles. The number of aldehydes is 1. The van der Waals surface area contributed by atoms with Gasteiger partial charge in [0.25, 0.3) is 0 Å². The third-order valence-corrected chi connectivity index (χ3v) is 7.36. The average molecular weight is 465 g/mol. The van der Waals surface area contributed by atoms with Gasteiger partial charge in [-0.3, -0.25) is 14.6 Å². The van der Waals surface area contributed by atoms with Crippen molar-refractivity contribution in [2.75, 3.05) is 50.1 Å². The summed E-state index contributed by atoms with van der Waals surface area (Å²) in [6.45, 7) is 3.08. The van der Waals surface area contributed by atoms with Gasteiger partial charge in [0, 0.05) is 39.3 Å². The highest BCUT2D eigenvalue weighted by Crippen LogP contribution is 2.39. The van der Waals surface area contributed by atoms with Crippen LogP contribution in [0, 0.1) is 0 Å². The van der Waals surface area contributed by atoms with Crippen LogP contribution in [-0.4, -0.2) is 84.6 Å². The molecule has 0 N–H and O–H groups in total. The minimum atomic E-state index is -0.749. The van der Waals surface area contributed by atoms with Gasteiger partial charge in [-0.1, -0.05) is 31.4 Å². The predicted molar refractivity (Wildman–Crippen MR) is 130 cm³/mol. The molecule has 9 heteroatoms. The number of urea groups is 1. The van der Waals surface area contributed by atoms with Gasteiger partial charge in [-0.05, 0) is 25.0 Å². The molecule has 1 aromatic heterocycles. The molecule has 3 aliphatic rings. The smallest absolute Gasteiger partial charge is 0.326 e. The molecule has 0 spiro atoms. The SMILES string of the molecule is COc1ccccc1-c1ncc2c(n1)N(C)C(C=O)N2C(=O)N1CCN(C2CCCCC2)CC1. The Hall–Kier alpha value is -3.20. The van der Waals surface area contributed by atoms with Crippen LogP contribution in [0.2, 0.25) is 0 Å². The third kappa shape index (κ3) is 3.98. The van der Waals surface area contributed by atoms with E-state index in [1.165, 1.54) is 37.0 Å². The molecule has 9 nitrogen and oxygen atoms in total. The maximum absolute atomic E-state index is 13.6. The molecule has 1 aromatic carbocycles. The molecule has 2 aromatic rings. The van der Waals surface area contributed by atoms with Gasteiger partial charge in [-0.2, -0.15) is 0 Å². The Morgan fingerprint density at radius 2 is 1.82 bits per heavy atom. The normalized spacial score (nSPS) is 21.5. The standard InChI is InChI=1S/C25H32N6O3/c1-28-22(17-32)31(25(33)30-14-12-29(13-15-30)18-8-4-3-5-9-18)20-16-26-23(27-24(20)28)19-10-6-7-11-21(19)34-2/h6-7,10-11,16-18,22H,3-5,8-9,12-15H2,1-2H3. The van der Waals surface area contributed by atoms with Crippen LogP contribution >= 0.6 is 0 Å². The fraction of sp³-hybridized carbons (Fsp3) is 0.520. The Labute approximate surface area is 200 Å². The summed E-state index contributed by atoms with van der Waals surface area (Å²) in [4.78, 5) is 42.6. The largest absolute Gasteiger partial charge is 0.496 e. The lowest BCUT2D eigenvalue weighted by Gasteiger charge is -2.41. The quantitative estimate of drug-likeness (QED) is 0.644. The van der Waals surface area contributed by atoms with E-state index in [1.807, 2.05) is 29.2 Å². The van der Waals surface area contributed by atoms with E-state index in [1.54, 1.807) is 25.3 Å². The van der Waals surface area contributed by atoms with Crippen LogP contribution in [-0.2, 0) is 4.79 Å². The molecule has 1 unspecified atom stereocenters. The molecular formula is C25H32N6O3. The lowest BCUT2D eigenvalue weighted by atomic mass is 9.94. The van der Waals surface area contributed by atoms with Crippen LogP contribution in [0.1, 0.15) is 32.1 Å². The monoisotopic (exact) mass is 464 g/mol. The summed E-state index contributed by atoms with van der Waals surface area (Å²) >= 11 is 0. The van der Waals surface area contributed by atoms with Crippen molar-refractivity contribution in [3.63, 3.8) is 0 Å². The van der Waals surface area contributed by atoms with Crippen molar-refractivity contribution in [2.24, 2.45) is 0 Å². The van der Waals surface area contributed by atoms with Gasteiger partial charge in [0.2, 0.25) is 0 Å². The van der Waals surface area contributed by atoms with E-state index in [9.17, 15) is 9.59 Å². The summed E-state index contributed by atoms with van der Waals surface area (Å²) in [5.74, 6) is 1.71. The van der Waals surface area contributed by atoms with Crippen LogP contribution in [0.25, 0.3) is 11.4 Å². The number of methoxy groups -OCH3 is 1. The maximum atomic E-state index is 13.6. The molecule has 180 valence electrons. The Morgan fingerprint density at radius 3 is 2.53 bits per heavy atom. The predicted octanol–water partition coefficient (Wildman–Crippen LogP) is 3.00. The second kappa shape index (κ2) is 9.58. The van der Waals surface area contributed by atoms with E-state index in [2.05, 4.69) is 9.88 Å². The first kappa shape index (κ1) is 22.6. The topological polar surface area (TPSA) is 82.1 Å². The molecule has 5 rings (SSSR count). The van der Waals surface area contributed by atoms with Crippen molar-refractivity contribution < 1.29 is 14.3 Å². The van der Waals surface area contributed by atoms with Crippen molar-refractivity contribution in [3.8, 4) is 17.1 Å². The summed E-state index contributed by atoms with van der Waals surface area (Å²) in [6.07, 6.45) is 8.15. The molecule has 1 saturated carbocycles. The molecular weight excluding hydrogens is 432 g/mol. The number of piperazine rings is 1. The van der Waals surface area contributed by atoms with Crippen LogP contribution in [0.3, 0.4) is 0 Å². The number of fused-ring (bicyclic) bond motifs is 1. The molecule has 2 fully saturated rings. The first-order valence-corrected chi connectivity index (χ1v) is 12.1. The summed E-state index contributed by atoms with van der Waals surface area (Å²) in [5.41, 5.74) is 1.31. The number of rotatable bonds is 4. The van der Waals surface area contributed by atoms with E-state index >= 15 is 0 Å². The number of carbonyl (C=O) groups excluding carboxylic acids is 2. The third-order valence-electron chi connectivity index (χ3n) is 7.36. The van der Waals surface area contributed by atoms with Crippen molar-refractivity contribution in [2.45, 2.75) is 44.3 Å². The molecule has 34 heavy (non-hydrogen) atoms. The lowest BCUT2D eigenvalue weighted by Crippen LogP contribution is -2.57. The van der Waals surface area contributed by atoms with Gasteiger partial charge >= 0.3 is 6.03 Å². The minimum Gasteiger partial charge on any atom is -0.496 e. The average Bonchev–Trinajstić information content (AvgIpc) is 3.19. The van der Waals surface area contributed by atoms with Crippen LogP contribution < -0.4 is 14.5 Å². The number of amides is 2. The highest BCUT2D eigenvalue weighted by atomic mass is 16.5. The van der Waals surface area contributed by atoms with Gasteiger partial charge < -0.3 is 14.5 Å². The van der Waals surface area contributed by atoms with E-state index in [0.29, 0.717) is 42.2 Å². The zero-order chi connectivity index (χ0) is 23.7. The Balaban J connectivity index is 1.36. The summed E-state index contributed by atoms with van der Waals surface area (Å²) in [5, 5.41) is 0. The lowest BCUT2D eigenvalue weighted by molar-refractivity contribution is -0.108. The fourth-order valence-electron chi connectivity index (χ4n) is 5.44. The van der Waals surface area contributed by atoms with E-state index in [-0.39, 0.29) is 6.03 Å². The van der Waals surface area contributed by atoms with Crippen molar-refractivity contribution >= 4 is 23.8 Å². The van der Waals surface area contributed by atoms with Gasteiger partial charge in [0.1, 0.15) is 11.4 Å². The van der Waals surface area contributed by atoms with E-state index < -0.39 is 6.17 Å². The number of para-hydroxylation sites is 1. The summed E-state index contributed by atoms with van der Waals surface area (Å²) in [6, 6.07) is 8.01. The van der Waals surface area contributed by atoms with Crippen molar-refractivity contribution in [3.05, 3.63) is 30.5 Å². The molecule has 3 heterocycles. The number of carbonyl (C=O) groups is 2. The zero-order valence-electron chi connectivity index (χ0n) is 19.9. The maximum Gasteiger partial charge on any atom is 0.326 e.